The van der Waals surface area contributed by atoms with Gasteiger partial charge < -0.3 is 11.1 Å². The highest BCUT2D eigenvalue weighted by Gasteiger charge is 2.09. The second-order valence-electron chi connectivity index (χ2n) is 5.02. The molecule has 0 saturated heterocycles. The lowest BCUT2D eigenvalue weighted by Gasteiger charge is -2.18. The zero-order valence-corrected chi connectivity index (χ0v) is 9.60. The number of hydrogen-bond acceptors (Lipinski definition) is 2. The zero-order chi connectivity index (χ0) is 11.5. The molecule has 0 aliphatic rings. The summed E-state index contributed by atoms with van der Waals surface area (Å²) in [4.78, 5) is 0. The molecule has 0 aliphatic carbocycles. The van der Waals surface area contributed by atoms with Gasteiger partial charge in [0.05, 0.1) is 0 Å². The SMILES string of the molecule is CC(C)(C)CNCc1ccc(N)cc1F. The average molecular weight is 210 g/mol. The maximum Gasteiger partial charge on any atom is 0.129 e. The summed E-state index contributed by atoms with van der Waals surface area (Å²) < 4.78 is 13.4. The summed E-state index contributed by atoms with van der Waals surface area (Å²) in [6.07, 6.45) is 0. The molecule has 1 aromatic rings. The van der Waals surface area contributed by atoms with Gasteiger partial charge in [-0.25, -0.2) is 4.39 Å². The van der Waals surface area contributed by atoms with E-state index in [1.54, 1.807) is 12.1 Å². The van der Waals surface area contributed by atoms with Crippen LogP contribution in [0.25, 0.3) is 0 Å². The van der Waals surface area contributed by atoms with Gasteiger partial charge in [-0.3, -0.25) is 0 Å². The first-order valence-corrected chi connectivity index (χ1v) is 5.13. The topological polar surface area (TPSA) is 38.0 Å². The van der Waals surface area contributed by atoms with Crippen molar-refractivity contribution in [3.63, 3.8) is 0 Å². The molecule has 1 aromatic carbocycles. The number of hydrogen-bond donors (Lipinski definition) is 2. The van der Waals surface area contributed by atoms with Crippen molar-refractivity contribution in [2.45, 2.75) is 27.3 Å². The Labute approximate surface area is 90.7 Å². The van der Waals surface area contributed by atoms with Crippen LogP contribution in [0, 0.1) is 11.2 Å². The van der Waals surface area contributed by atoms with Crippen LogP contribution in [0.1, 0.15) is 26.3 Å². The first-order valence-electron chi connectivity index (χ1n) is 5.13. The molecule has 0 fully saturated rings. The van der Waals surface area contributed by atoms with Crippen molar-refractivity contribution in [2.24, 2.45) is 5.41 Å². The normalized spacial score (nSPS) is 11.7. The molecule has 2 nitrogen and oxygen atoms in total. The van der Waals surface area contributed by atoms with E-state index in [1.807, 2.05) is 0 Å². The molecule has 0 aromatic heterocycles. The van der Waals surface area contributed by atoms with Crippen LogP contribution in [0.15, 0.2) is 18.2 Å². The average Bonchev–Trinajstić information content (AvgIpc) is 2.07. The molecule has 0 aliphatic heterocycles. The van der Waals surface area contributed by atoms with E-state index in [1.165, 1.54) is 6.07 Å². The lowest BCUT2D eigenvalue weighted by molar-refractivity contribution is 0.377. The largest absolute Gasteiger partial charge is 0.399 e. The third-order valence-corrected chi connectivity index (χ3v) is 2.05. The number of anilines is 1. The first kappa shape index (κ1) is 12.0. The summed E-state index contributed by atoms with van der Waals surface area (Å²) in [7, 11) is 0. The summed E-state index contributed by atoms with van der Waals surface area (Å²) in [5.74, 6) is -0.239. The monoisotopic (exact) mass is 210 g/mol. The second-order valence-corrected chi connectivity index (χ2v) is 5.02. The molecular formula is C12H19FN2. The van der Waals surface area contributed by atoms with Crippen LogP contribution >= 0.6 is 0 Å². The molecule has 0 heterocycles. The van der Waals surface area contributed by atoms with E-state index in [2.05, 4.69) is 26.1 Å². The van der Waals surface area contributed by atoms with E-state index in [9.17, 15) is 4.39 Å². The van der Waals surface area contributed by atoms with E-state index < -0.39 is 0 Å². The molecule has 0 saturated carbocycles. The molecule has 0 bridgehead atoms. The summed E-state index contributed by atoms with van der Waals surface area (Å²) in [5.41, 5.74) is 6.80. The Hall–Kier alpha value is -1.09. The molecule has 0 spiro atoms. The predicted molar refractivity (Wildman–Crippen MR) is 62.0 cm³/mol. The van der Waals surface area contributed by atoms with Crippen molar-refractivity contribution in [3.8, 4) is 0 Å². The minimum atomic E-state index is -0.239. The number of nitrogen functional groups attached to an aromatic ring is 1. The van der Waals surface area contributed by atoms with E-state index >= 15 is 0 Å². The van der Waals surface area contributed by atoms with Gasteiger partial charge >= 0.3 is 0 Å². The Morgan fingerprint density at radius 2 is 2.00 bits per heavy atom. The van der Waals surface area contributed by atoms with Gasteiger partial charge in [0, 0.05) is 24.3 Å². The van der Waals surface area contributed by atoms with Crippen LogP contribution in [0.2, 0.25) is 0 Å². The van der Waals surface area contributed by atoms with Gasteiger partial charge in [0.25, 0.3) is 0 Å². The fourth-order valence-corrected chi connectivity index (χ4v) is 1.28. The van der Waals surface area contributed by atoms with Gasteiger partial charge in [-0.05, 0) is 17.5 Å². The number of rotatable bonds is 3. The van der Waals surface area contributed by atoms with Gasteiger partial charge in [-0.1, -0.05) is 26.8 Å². The van der Waals surface area contributed by atoms with Crippen molar-refractivity contribution < 1.29 is 4.39 Å². The van der Waals surface area contributed by atoms with Crippen LogP contribution in [0.5, 0.6) is 0 Å². The number of halogens is 1. The number of nitrogens with two attached hydrogens (primary N) is 1. The predicted octanol–water partition coefficient (Wildman–Crippen LogP) is 2.54. The highest BCUT2D eigenvalue weighted by molar-refractivity contribution is 5.40. The molecule has 1 rings (SSSR count). The van der Waals surface area contributed by atoms with Crippen molar-refractivity contribution in [1.82, 2.24) is 5.32 Å². The van der Waals surface area contributed by atoms with Crippen LogP contribution in [0.3, 0.4) is 0 Å². The van der Waals surface area contributed by atoms with Gasteiger partial charge in [0.15, 0.2) is 0 Å². The smallest absolute Gasteiger partial charge is 0.129 e. The molecule has 0 radical (unpaired) electrons. The Morgan fingerprint density at radius 1 is 1.33 bits per heavy atom. The standard InChI is InChI=1S/C12H19FN2/c1-12(2,3)8-15-7-9-4-5-10(14)6-11(9)13/h4-6,15H,7-8,14H2,1-3H3. The van der Waals surface area contributed by atoms with Crippen LogP contribution in [-0.4, -0.2) is 6.54 Å². The molecule has 3 heteroatoms. The molecule has 3 N–H and O–H groups in total. The Morgan fingerprint density at radius 3 is 2.53 bits per heavy atom. The van der Waals surface area contributed by atoms with E-state index in [0.717, 1.165) is 6.54 Å². The van der Waals surface area contributed by atoms with Gasteiger partial charge in [-0.2, -0.15) is 0 Å². The van der Waals surface area contributed by atoms with Crippen LogP contribution < -0.4 is 11.1 Å². The van der Waals surface area contributed by atoms with Crippen molar-refractivity contribution in [2.75, 3.05) is 12.3 Å². The Bertz CT molecular complexity index is 329. The van der Waals surface area contributed by atoms with E-state index in [0.29, 0.717) is 17.8 Å². The van der Waals surface area contributed by atoms with Gasteiger partial charge in [0.2, 0.25) is 0 Å². The van der Waals surface area contributed by atoms with Gasteiger partial charge in [0.1, 0.15) is 5.82 Å². The molecule has 0 amide bonds. The minimum absolute atomic E-state index is 0.213. The lowest BCUT2D eigenvalue weighted by atomic mass is 9.97. The molecule has 15 heavy (non-hydrogen) atoms. The fourth-order valence-electron chi connectivity index (χ4n) is 1.28. The molecular weight excluding hydrogens is 191 g/mol. The second kappa shape index (κ2) is 4.62. The van der Waals surface area contributed by atoms with Gasteiger partial charge in [-0.15, -0.1) is 0 Å². The van der Waals surface area contributed by atoms with Crippen LogP contribution in [0.4, 0.5) is 10.1 Å². The highest BCUT2D eigenvalue weighted by atomic mass is 19.1. The van der Waals surface area contributed by atoms with Crippen molar-refractivity contribution >= 4 is 5.69 Å². The third kappa shape index (κ3) is 4.30. The molecule has 0 unspecified atom stereocenters. The van der Waals surface area contributed by atoms with Crippen LogP contribution in [-0.2, 0) is 6.54 Å². The van der Waals surface area contributed by atoms with Crippen molar-refractivity contribution in [3.05, 3.63) is 29.6 Å². The zero-order valence-electron chi connectivity index (χ0n) is 9.60. The third-order valence-electron chi connectivity index (χ3n) is 2.05. The maximum absolute atomic E-state index is 13.4. The Kier molecular flexibility index (Phi) is 3.69. The van der Waals surface area contributed by atoms with Crippen molar-refractivity contribution in [1.29, 1.82) is 0 Å². The number of nitrogens with one attached hydrogen (secondary N) is 1. The summed E-state index contributed by atoms with van der Waals surface area (Å²) in [5, 5.41) is 3.22. The maximum atomic E-state index is 13.4. The minimum Gasteiger partial charge on any atom is -0.399 e. The van der Waals surface area contributed by atoms with E-state index in [4.69, 9.17) is 5.73 Å². The molecule has 0 atom stereocenters. The fraction of sp³-hybridized carbons (Fsp3) is 0.500. The summed E-state index contributed by atoms with van der Waals surface area (Å²) in [6, 6.07) is 4.80. The quantitative estimate of drug-likeness (QED) is 0.752. The first-order chi connectivity index (χ1) is 6.88. The van der Waals surface area contributed by atoms with E-state index in [-0.39, 0.29) is 11.2 Å². The number of benzene rings is 1. The summed E-state index contributed by atoms with van der Waals surface area (Å²) in [6.45, 7) is 7.82. The summed E-state index contributed by atoms with van der Waals surface area (Å²) >= 11 is 0. The highest BCUT2D eigenvalue weighted by Crippen LogP contribution is 2.13. The molecule has 84 valence electrons. The lowest BCUT2D eigenvalue weighted by Crippen LogP contribution is -2.26. The Balaban J connectivity index is 2.51.